The summed E-state index contributed by atoms with van der Waals surface area (Å²) < 4.78 is 66.6. The molecule has 4 aromatic carbocycles. The van der Waals surface area contributed by atoms with Crippen LogP contribution in [0, 0.1) is 0 Å². The highest BCUT2D eigenvalue weighted by atomic mass is 32.2. The maximum Gasteiger partial charge on any atom is 0.295 e. The summed E-state index contributed by atoms with van der Waals surface area (Å²) in [5, 5.41) is 28.9. The van der Waals surface area contributed by atoms with Gasteiger partial charge in [-0.25, -0.2) is 0 Å². The van der Waals surface area contributed by atoms with Crippen LogP contribution in [0.2, 0.25) is 0 Å². The molecule has 0 saturated carbocycles. The maximum absolute atomic E-state index is 11.9. The first kappa shape index (κ1) is 21.6. The first-order valence-electron chi connectivity index (χ1n) is 8.84. The first-order chi connectivity index (χ1) is 15.0. The summed E-state index contributed by atoms with van der Waals surface area (Å²) >= 11 is 0. The fourth-order valence-corrected chi connectivity index (χ4v) is 4.76. The standard InChI is InChI=1S/C20H14N2O8S2/c23-15-9-8-11-4-1-2-5-12(11)19(15)22-21-14-10-17(32(28,29)30)13-6-3-7-16(31(25,26)27)18(13)20(14)24/h1-10,23-24H,(H,25,26,27)(H,28,29,30). The van der Waals surface area contributed by atoms with E-state index in [1.54, 1.807) is 30.3 Å². The summed E-state index contributed by atoms with van der Waals surface area (Å²) in [5.74, 6) is -1.05. The van der Waals surface area contributed by atoms with E-state index < -0.39 is 46.9 Å². The van der Waals surface area contributed by atoms with Gasteiger partial charge in [-0.2, -0.15) is 16.8 Å². The third kappa shape index (κ3) is 3.76. The fraction of sp³-hybridized carbons (Fsp3) is 0. The summed E-state index contributed by atoms with van der Waals surface area (Å²) in [5.41, 5.74) is -0.507. The van der Waals surface area contributed by atoms with E-state index in [-0.39, 0.29) is 16.8 Å². The van der Waals surface area contributed by atoms with E-state index in [0.29, 0.717) is 10.8 Å². The maximum atomic E-state index is 11.9. The Morgan fingerprint density at radius 2 is 1.34 bits per heavy atom. The van der Waals surface area contributed by atoms with Crippen molar-refractivity contribution in [1.29, 1.82) is 0 Å². The Morgan fingerprint density at radius 1 is 0.688 bits per heavy atom. The average Bonchev–Trinajstić information content (AvgIpc) is 2.72. The van der Waals surface area contributed by atoms with Crippen LogP contribution in [0.15, 0.2) is 80.7 Å². The Morgan fingerprint density at radius 3 is 2.03 bits per heavy atom. The quantitative estimate of drug-likeness (QED) is 0.250. The molecule has 12 heteroatoms. The molecule has 10 nitrogen and oxygen atoms in total. The minimum atomic E-state index is -4.90. The van der Waals surface area contributed by atoms with E-state index in [9.17, 15) is 36.2 Å². The number of fused-ring (bicyclic) bond motifs is 2. The monoisotopic (exact) mass is 474 g/mol. The Hall–Kier alpha value is -3.58. The van der Waals surface area contributed by atoms with Crippen molar-refractivity contribution in [2.24, 2.45) is 10.2 Å². The van der Waals surface area contributed by atoms with E-state index in [4.69, 9.17) is 0 Å². The molecule has 32 heavy (non-hydrogen) atoms. The molecule has 0 radical (unpaired) electrons. The van der Waals surface area contributed by atoms with E-state index in [1.165, 1.54) is 6.07 Å². The minimum absolute atomic E-state index is 0.0130. The highest BCUT2D eigenvalue weighted by molar-refractivity contribution is 7.86. The molecule has 0 unspecified atom stereocenters. The van der Waals surface area contributed by atoms with Gasteiger partial charge in [0.15, 0.2) is 5.75 Å². The Bertz CT molecular complexity index is 1650. The van der Waals surface area contributed by atoms with Crippen molar-refractivity contribution >= 4 is 53.2 Å². The van der Waals surface area contributed by atoms with E-state index in [1.807, 2.05) is 0 Å². The van der Waals surface area contributed by atoms with Crippen molar-refractivity contribution in [2.75, 3.05) is 0 Å². The Labute approximate surface area is 181 Å². The zero-order valence-electron chi connectivity index (χ0n) is 15.9. The molecule has 0 aliphatic carbocycles. The van der Waals surface area contributed by atoms with Crippen LogP contribution >= 0.6 is 0 Å². The minimum Gasteiger partial charge on any atom is -0.506 e. The van der Waals surface area contributed by atoms with Crippen LogP contribution in [-0.4, -0.2) is 36.2 Å². The van der Waals surface area contributed by atoms with Crippen molar-refractivity contribution in [3.63, 3.8) is 0 Å². The van der Waals surface area contributed by atoms with Crippen molar-refractivity contribution < 1.29 is 36.2 Å². The summed E-state index contributed by atoms with van der Waals surface area (Å²) in [6, 6.07) is 13.9. The van der Waals surface area contributed by atoms with Gasteiger partial charge in [0, 0.05) is 16.2 Å². The molecule has 0 bridgehead atoms. The number of hydrogen-bond acceptors (Lipinski definition) is 8. The molecule has 0 fully saturated rings. The fourth-order valence-electron chi connectivity index (χ4n) is 3.34. The van der Waals surface area contributed by atoms with Crippen molar-refractivity contribution in [2.45, 2.75) is 9.79 Å². The predicted molar refractivity (Wildman–Crippen MR) is 115 cm³/mol. The molecular formula is C20H14N2O8S2. The van der Waals surface area contributed by atoms with Gasteiger partial charge in [0.2, 0.25) is 0 Å². The smallest absolute Gasteiger partial charge is 0.295 e. The van der Waals surface area contributed by atoms with Gasteiger partial charge in [-0.15, -0.1) is 10.2 Å². The summed E-state index contributed by atoms with van der Waals surface area (Å²) in [6.07, 6.45) is 0. The van der Waals surface area contributed by atoms with E-state index in [0.717, 1.165) is 24.3 Å². The number of rotatable bonds is 4. The van der Waals surface area contributed by atoms with Gasteiger partial charge in [0.05, 0.1) is 0 Å². The number of phenols is 2. The zero-order chi connectivity index (χ0) is 23.3. The lowest BCUT2D eigenvalue weighted by Gasteiger charge is -2.11. The van der Waals surface area contributed by atoms with Crippen molar-refractivity contribution in [3.05, 3.63) is 60.7 Å². The molecule has 4 aromatic rings. The van der Waals surface area contributed by atoms with E-state index >= 15 is 0 Å². The zero-order valence-corrected chi connectivity index (χ0v) is 17.5. The van der Waals surface area contributed by atoms with Gasteiger partial charge < -0.3 is 10.2 Å². The summed E-state index contributed by atoms with van der Waals surface area (Å²) in [4.78, 5) is -1.55. The molecule has 4 N–H and O–H groups in total. The number of hydrogen-bond donors (Lipinski definition) is 4. The SMILES string of the molecule is O=S(=O)(O)c1cc(N=Nc2c(O)ccc3ccccc23)c(O)c2c(S(=O)(=O)O)cccc12. The summed E-state index contributed by atoms with van der Waals surface area (Å²) in [7, 11) is -9.78. The third-order valence-electron chi connectivity index (χ3n) is 4.73. The molecule has 0 saturated heterocycles. The molecule has 164 valence electrons. The first-order valence-corrected chi connectivity index (χ1v) is 11.7. The second kappa shape index (κ2) is 7.53. The summed E-state index contributed by atoms with van der Waals surface area (Å²) in [6.45, 7) is 0. The van der Waals surface area contributed by atoms with Gasteiger partial charge in [0.1, 0.15) is 26.9 Å². The van der Waals surface area contributed by atoms with Crippen LogP contribution in [0.25, 0.3) is 21.5 Å². The largest absolute Gasteiger partial charge is 0.506 e. The molecule has 0 aromatic heterocycles. The Balaban J connectivity index is 2.05. The van der Waals surface area contributed by atoms with Gasteiger partial charge in [-0.1, -0.05) is 42.5 Å². The van der Waals surface area contributed by atoms with E-state index in [2.05, 4.69) is 10.2 Å². The highest BCUT2D eigenvalue weighted by Crippen LogP contribution is 2.43. The molecule has 0 heterocycles. The average molecular weight is 474 g/mol. The van der Waals surface area contributed by atoms with Crippen LogP contribution in [0.4, 0.5) is 11.4 Å². The normalized spacial score (nSPS) is 12.7. The third-order valence-corrected chi connectivity index (χ3v) is 6.52. The van der Waals surface area contributed by atoms with Crippen LogP contribution in [0.5, 0.6) is 11.5 Å². The van der Waals surface area contributed by atoms with Crippen molar-refractivity contribution in [1.82, 2.24) is 0 Å². The molecule has 0 atom stereocenters. The number of benzene rings is 4. The molecule has 4 rings (SSSR count). The highest BCUT2D eigenvalue weighted by Gasteiger charge is 2.25. The van der Waals surface area contributed by atoms with Gasteiger partial charge in [-0.3, -0.25) is 9.11 Å². The number of nitrogens with zero attached hydrogens (tertiary/aromatic N) is 2. The molecule has 0 spiro atoms. The van der Waals surface area contributed by atoms with Crippen LogP contribution in [0.1, 0.15) is 0 Å². The van der Waals surface area contributed by atoms with Crippen LogP contribution in [-0.2, 0) is 20.2 Å². The van der Waals surface area contributed by atoms with Gasteiger partial charge in [0.25, 0.3) is 20.2 Å². The predicted octanol–water partition coefficient (Wildman–Crippen LogP) is 4.31. The van der Waals surface area contributed by atoms with Crippen LogP contribution in [0.3, 0.4) is 0 Å². The topological polar surface area (TPSA) is 174 Å². The molecule has 0 aliphatic rings. The number of aromatic hydroxyl groups is 2. The molecule has 0 aliphatic heterocycles. The molecular weight excluding hydrogens is 460 g/mol. The Kier molecular flexibility index (Phi) is 5.09. The number of phenolic OH excluding ortho intramolecular Hbond substituents is 2. The van der Waals surface area contributed by atoms with Gasteiger partial charge >= 0.3 is 0 Å². The van der Waals surface area contributed by atoms with Gasteiger partial charge in [-0.05, 0) is 23.6 Å². The second-order valence-corrected chi connectivity index (χ2v) is 9.51. The lowest BCUT2D eigenvalue weighted by Crippen LogP contribution is -2.03. The van der Waals surface area contributed by atoms with Crippen molar-refractivity contribution in [3.8, 4) is 11.5 Å². The lowest BCUT2D eigenvalue weighted by atomic mass is 10.1. The van der Waals surface area contributed by atoms with Crippen LogP contribution < -0.4 is 0 Å². The second-order valence-electron chi connectivity index (χ2n) is 6.73. The molecule has 0 amide bonds. The number of azo groups is 1. The lowest BCUT2D eigenvalue weighted by molar-refractivity contribution is 0.472.